The van der Waals surface area contributed by atoms with E-state index in [0.29, 0.717) is 17.2 Å². The molecule has 0 amide bonds. The number of furan rings is 1. The van der Waals surface area contributed by atoms with Crippen LogP contribution in [0.15, 0.2) is 56.9 Å². The number of hydrogen-bond donors (Lipinski definition) is 0. The first-order chi connectivity index (χ1) is 11.6. The van der Waals surface area contributed by atoms with Gasteiger partial charge in [-0.15, -0.1) is 11.3 Å². The van der Waals surface area contributed by atoms with Crippen molar-refractivity contribution in [2.45, 2.75) is 19.6 Å². The maximum absolute atomic E-state index is 12.0. The van der Waals surface area contributed by atoms with Crippen LogP contribution in [0.5, 0.6) is 5.75 Å². The van der Waals surface area contributed by atoms with Crippen LogP contribution in [0.1, 0.15) is 12.6 Å². The molecule has 1 unspecified atom stereocenters. The Labute approximate surface area is 151 Å². The van der Waals surface area contributed by atoms with Crippen molar-refractivity contribution in [3.8, 4) is 16.5 Å². The van der Waals surface area contributed by atoms with E-state index in [-0.39, 0.29) is 6.61 Å². The van der Waals surface area contributed by atoms with E-state index in [4.69, 9.17) is 13.9 Å². The molecule has 1 aromatic carbocycles. The van der Waals surface area contributed by atoms with Gasteiger partial charge >= 0.3 is 5.97 Å². The van der Waals surface area contributed by atoms with Crippen LogP contribution in [-0.4, -0.2) is 17.1 Å². The fraction of sp³-hybridized carbons (Fsp3) is 0.176. The largest absolute Gasteiger partial charge is 0.479 e. The van der Waals surface area contributed by atoms with Crippen LogP contribution in [0.4, 0.5) is 0 Å². The molecule has 24 heavy (non-hydrogen) atoms. The summed E-state index contributed by atoms with van der Waals surface area (Å²) in [7, 11) is 0. The maximum atomic E-state index is 12.0. The van der Waals surface area contributed by atoms with Gasteiger partial charge in [-0.2, -0.15) is 0 Å². The molecule has 2 heterocycles. The molecule has 3 aromatic rings. The highest BCUT2D eigenvalue weighted by atomic mass is 79.9. The molecular weight excluding hydrogens is 394 g/mol. The third-order valence-electron chi connectivity index (χ3n) is 3.10. The topological polar surface area (TPSA) is 61.6 Å². The Morgan fingerprint density at radius 1 is 1.33 bits per heavy atom. The molecule has 0 fully saturated rings. The second-order valence-corrected chi connectivity index (χ2v) is 6.72. The molecule has 0 saturated heterocycles. The number of halogens is 1. The number of nitrogens with zero attached hydrogens (tertiary/aromatic N) is 1. The number of thiazole rings is 1. The Bertz CT molecular complexity index is 798. The zero-order chi connectivity index (χ0) is 16.9. The van der Waals surface area contributed by atoms with Gasteiger partial charge in [0.1, 0.15) is 12.4 Å². The van der Waals surface area contributed by atoms with Crippen LogP contribution in [0.25, 0.3) is 10.8 Å². The van der Waals surface area contributed by atoms with Gasteiger partial charge in [0, 0.05) is 9.85 Å². The van der Waals surface area contributed by atoms with Crippen molar-refractivity contribution in [3.05, 3.63) is 58.2 Å². The number of ether oxygens (including phenoxy) is 2. The molecule has 0 saturated carbocycles. The minimum atomic E-state index is -0.700. The first kappa shape index (κ1) is 16.7. The zero-order valence-corrected chi connectivity index (χ0v) is 15.2. The van der Waals surface area contributed by atoms with Crippen molar-refractivity contribution in [3.63, 3.8) is 0 Å². The van der Waals surface area contributed by atoms with Crippen LogP contribution >= 0.6 is 27.3 Å². The van der Waals surface area contributed by atoms with Crippen LogP contribution < -0.4 is 4.74 Å². The number of esters is 1. The monoisotopic (exact) mass is 407 g/mol. The number of benzene rings is 1. The number of carbonyl (C=O) groups excluding carboxylic acids is 1. The van der Waals surface area contributed by atoms with Gasteiger partial charge < -0.3 is 13.9 Å². The van der Waals surface area contributed by atoms with Gasteiger partial charge in [-0.05, 0) is 43.3 Å². The highest BCUT2D eigenvalue weighted by Crippen LogP contribution is 2.24. The van der Waals surface area contributed by atoms with Crippen LogP contribution in [0.2, 0.25) is 0 Å². The van der Waals surface area contributed by atoms with Crippen LogP contribution in [0.3, 0.4) is 0 Å². The van der Waals surface area contributed by atoms with Gasteiger partial charge in [-0.25, -0.2) is 9.78 Å². The number of aromatic nitrogens is 1. The second-order valence-electron chi connectivity index (χ2n) is 4.94. The maximum Gasteiger partial charge on any atom is 0.347 e. The standard InChI is InChI=1S/C17H14BrNO4S/c1-11(23-14-6-4-12(18)5-7-14)17(20)22-9-13-10-24-16(19-13)15-3-2-8-21-15/h2-8,10-11H,9H2,1H3. The SMILES string of the molecule is CC(Oc1ccc(Br)cc1)C(=O)OCc1csc(-c2ccco2)n1. The Balaban J connectivity index is 1.52. The summed E-state index contributed by atoms with van der Waals surface area (Å²) in [6.45, 7) is 1.75. The molecule has 0 spiro atoms. The lowest BCUT2D eigenvalue weighted by Crippen LogP contribution is -2.26. The minimum absolute atomic E-state index is 0.101. The summed E-state index contributed by atoms with van der Waals surface area (Å²) in [6, 6.07) is 10.9. The molecule has 0 aliphatic rings. The normalized spacial score (nSPS) is 11.9. The fourth-order valence-electron chi connectivity index (χ4n) is 1.91. The Hall–Kier alpha value is -2.12. The molecule has 7 heteroatoms. The van der Waals surface area contributed by atoms with E-state index in [1.165, 1.54) is 11.3 Å². The first-order valence-electron chi connectivity index (χ1n) is 7.19. The molecule has 3 rings (SSSR count). The molecular formula is C17H14BrNO4S. The third kappa shape index (κ3) is 4.24. The first-order valence-corrected chi connectivity index (χ1v) is 8.86. The summed E-state index contributed by atoms with van der Waals surface area (Å²) >= 11 is 4.79. The molecule has 0 aliphatic carbocycles. The molecule has 124 valence electrons. The third-order valence-corrected chi connectivity index (χ3v) is 4.54. The average molecular weight is 408 g/mol. The molecule has 0 aliphatic heterocycles. The molecule has 5 nitrogen and oxygen atoms in total. The Kier molecular flexibility index (Phi) is 5.32. The highest BCUT2D eigenvalue weighted by molar-refractivity contribution is 9.10. The summed E-state index contributed by atoms with van der Waals surface area (Å²) in [5.74, 6) is 0.867. The number of carbonyl (C=O) groups is 1. The lowest BCUT2D eigenvalue weighted by Gasteiger charge is -2.13. The van der Waals surface area contributed by atoms with Crippen molar-refractivity contribution >= 4 is 33.2 Å². The van der Waals surface area contributed by atoms with E-state index in [9.17, 15) is 4.79 Å². The van der Waals surface area contributed by atoms with E-state index >= 15 is 0 Å². The Morgan fingerprint density at radius 2 is 2.12 bits per heavy atom. The van der Waals surface area contributed by atoms with Crippen molar-refractivity contribution in [1.29, 1.82) is 0 Å². The van der Waals surface area contributed by atoms with Crippen LogP contribution in [-0.2, 0) is 16.1 Å². The van der Waals surface area contributed by atoms with Gasteiger partial charge in [0.05, 0.1) is 12.0 Å². The second kappa shape index (κ2) is 7.63. The minimum Gasteiger partial charge on any atom is -0.479 e. The molecule has 1 atom stereocenters. The summed E-state index contributed by atoms with van der Waals surface area (Å²) < 4.78 is 17.0. The lowest BCUT2D eigenvalue weighted by molar-refractivity contribution is -0.152. The average Bonchev–Trinajstić information content (AvgIpc) is 3.25. The predicted octanol–water partition coefficient (Wildman–Crippen LogP) is 4.68. The van der Waals surface area contributed by atoms with Crippen molar-refractivity contribution in [2.75, 3.05) is 0 Å². The van der Waals surface area contributed by atoms with E-state index in [1.807, 2.05) is 23.6 Å². The van der Waals surface area contributed by atoms with Gasteiger partial charge in [-0.3, -0.25) is 0 Å². The van der Waals surface area contributed by atoms with Gasteiger partial charge in [0.25, 0.3) is 0 Å². The highest BCUT2D eigenvalue weighted by Gasteiger charge is 2.17. The van der Waals surface area contributed by atoms with E-state index in [0.717, 1.165) is 9.48 Å². The molecule has 0 radical (unpaired) electrons. The van der Waals surface area contributed by atoms with E-state index in [2.05, 4.69) is 20.9 Å². The summed E-state index contributed by atoms with van der Waals surface area (Å²) in [5, 5.41) is 2.59. The lowest BCUT2D eigenvalue weighted by atomic mass is 10.3. The Morgan fingerprint density at radius 3 is 2.83 bits per heavy atom. The summed E-state index contributed by atoms with van der Waals surface area (Å²) in [5.41, 5.74) is 0.676. The smallest absolute Gasteiger partial charge is 0.347 e. The summed E-state index contributed by atoms with van der Waals surface area (Å²) in [4.78, 5) is 16.4. The quantitative estimate of drug-likeness (QED) is 0.555. The van der Waals surface area contributed by atoms with Crippen molar-refractivity contribution in [2.24, 2.45) is 0 Å². The van der Waals surface area contributed by atoms with Gasteiger partial charge in [-0.1, -0.05) is 15.9 Å². The van der Waals surface area contributed by atoms with Gasteiger partial charge in [0.15, 0.2) is 16.9 Å². The number of rotatable bonds is 6. The predicted molar refractivity (Wildman–Crippen MR) is 93.8 cm³/mol. The van der Waals surface area contributed by atoms with Crippen molar-refractivity contribution in [1.82, 2.24) is 4.98 Å². The van der Waals surface area contributed by atoms with Crippen molar-refractivity contribution < 1.29 is 18.7 Å². The zero-order valence-electron chi connectivity index (χ0n) is 12.8. The fourth-order valence-corrected chi connectivity index (χ4v) is 2.95. The number of hydrogen-bond acceptors (Lipinski definition) is 6. The molecule has 0 bridgehead atoms. The van der Waals surface area contributed by atoms with E-state index in [1.54, 1.807) is 31.4 Å². The van der Waals surface area contributed by atoms with E-state index < -0.39 is 12.1 Å². The molecule has 0 N–H and O–H groups in total. The van der Waals surface area contributed by atoms with Gasteiger partial charge in [0.2, 0.25) is 0 Å². The molecule has 2 aromatic heterocycles. The van der Waals surface area contributed by atoms with Crippen LogP contribution in [0, 0.1) is 0 Å². The summed E-state index contributed by atoms with van der Waals surface area (Å²) in [6.07, 6.45) is 0.895.